The Morgan fingerprint density at radius 3 is 2.16 bits per heavy atom. The lowest BCUT2D eigenvalue weighted by molar-refractivity contribution is 0.146. The molecular weight excluding hydrogens is 234 g/mol. The third-order valence-corrected chi connectivity index (χ3v) is 3.43. The van der Waals surface area contributed by atoms with Gasteiger partial charge in [-0.15, -0.1) is 0 Å². The second kappa shape index (κ2) is 7.07. The molecule has 2 rings (SSSR count). The molecule has 0 fully saturated rings. The van der Waals surface area contributed by atoms with Crippen LogP contribution in [0.5, 0.6) is 0 Å². The van der Waals surface area contributed by atoms with Gasteiger partial charge in [0.2, 0.25) is 0 Å². The maximum absolute atomic E-state index is 10.2. The molecule has 0 bridgehead atoms. The average Bonchev–Trinajstić information content (AvgIpc) is 2.48. The topological polar surface area (TPSA) is 32.3 Å². The van der Waals surface area contributed by atoms with Gasteiger partial charge >= 0.3 is 0 Å². The van der Waals surface area contributed by atoms with Gasteiger partial charge in [-0.25, -0.2) is 0 Å². The van der Waals surface area contributed by atoms with E-state index in [1.54, 1.807) is 0 Å². The van der Waals surface area contributed by atoms with Crippen LogP contribution in [0.15, 0.2) is 60.7 Å². The molecule has 100 valence electrons. The van der Waals surface area contributed by atoms with Crippen molar-refractivity contribution in [2.75, 3.05) is 6.54 Å². The maximum Gasteiger partial charge on any atom is 0.0730 e. The average molecular weight is 255 g/mol. The van der Waals surface area contributed by atoms with Gasteiger partial charge in [-0.05, 0) is 11.1 Å². The number of aliphatic hydroxyl groups is 1. The van der Waals surface area contributed by atoms with E-state index in [4.69, 9.17) is 0 Å². The lowest BCUT2D eigenvalue weighted by atomic mass is 9.95. The van der Waals surface area contributed by atoms with E-state index in [2.05, 4.69) is 36.5 Å². The molecule has 0 aromatic heterocycles. The first kappa shape index (κ1) is 13.8. The number of nitrogens with one attached hydrogen (secondary N) is 1. The van der Waals surface area contributed by atoms with Gasteiger partial charge in [0.25, 0.3) is 0 Å². The first-order chi connectivity index (χ1) is 9.27. The smallest absolute Gasteiger partial charge is 0.0730 e. The van der Waals surface area contributed by atoms with Crippen LogP contribution in [0.4, 0.5) is 0 Å². The molecule has 1 unspecified atom stereocenters. The number of aliphatic hydroxyl groups excluding tert-OH is 1. The lowest BCUT2D eigenvalue weighted by Gasteiger charge is -2.19. The van der Waals surface area contributed by atoms with Crippen molar-refractivity contribution >= 4 is 0 Å². The summed E-state index contributed by atoms with van der Waals surface area (Å²) < 4.78 is 0. The third kappa shape index (κ3) is 4.19. The second-order valence-electron chi connectivity index (χ2n) is 4.88. The van der Waals surface area contributed by atoms with E-state index >= 15 is 0 Å². The minimum Gasteiger partial charge on any atom is -0.391 e. The molecule has 0 radical (unpaired) electrons. The summed E-state index contributed by atoms with van der Waals surface area (Å²) in [5.41, 5.74) is 2.42. The molecule has 0 aliphatic rings. The summed E-state index contributed by atoms with van der Waals surface area (Å²) in [5.74, 6) is 0.143. The summed E-state index contributed by atoms with van der Waals surface area (Å²) in [4.78, 5) is 0. The van der Waals surface area contributed by atoms with Gasteiger partial charge < -0.3 is 10.4 Å². The molecule has 0 spiro atoms. The fraction of sp³-hybridized carbons (Fsp3) is 0.294. The fourth-order valence-corrected chi connectivity index (χ4v) is 2.12. The first-order valence-electron chi connectivity index (χ1n) is 6.75. The Balaban J connectivity index is 1.80. The Labute approximate surface area is 115 Å². The Kier molecular flexibility index (Phi) is 5.13. The van der Waals surface area contributed by atoms with Crippen LogP contribution in [0.1, 0.15) is 24.0 Å². The van der Waals surface area contributed by atoms with Crippen molar-refractivity contribution in [3.05, 3.63) is 71.8 Å². The van der Waals surface area contributed by atoms with Crippen LogP contribution in [0, 0.1) is 0 Å². The standard InChI is InChI=1S/C17H21NO/c1-14(16-10-6-3-7-11-16)17(19)13-18-12-15-8-4-2-5-9-15/h2-11,14,17-19H,12-13H2,1H3/t14-,17?/m1/s1. The number of hydrogen-bond donors (Lipinski definition) is 2. The molecule has 0 aliphatic carbocycles. The predicted octanol–water partition coefficient (Wildman–Crippen LogP) is 2.94. The van der Waals surface area contributed by atoms with E-state index in [1.807, 2.05) is 36.4 Å². The molecule has 0 saturated heterocycles. The van der Waals surface area contributed by atoms with Gasteiger partial charge in [0.05, 0.1) is 6.10 Å². The minimum absolute atomic E-state index is 0.143. The Hall–Kier alpha value is -1.64. The molecule has 2 atom stereocenters. The fourth-order valence-electron chi connectivity index (χ4n) is 2.12. The molecule has 0 saturated carbocycles. The van der Waals surface area contributed by atoms with Crippen molar-refractivity contribution in [3.63, 3.8) is 0 Å². The monoisotopic (exact) mass is 255 g/mol. The highest BCUT2D eigenvalue weighted by Crippen LogP contribution is 2.18. The van der Waals surface area contributed by atoms with Crippen molar-refractivity contribution in [2.24, 2.45) is 0 Å². The largest absolute Gasteiger partial charge is 0.391 e. The van der Waals surface area contributed by atoms with Gasteiger partial charge in [0.1, 0.15) is 0 Å². The van der Waals surface area contributed by atoms with Crippen LogP contribution >= 0.6 is 0 Å². The quantitative estimate of drug-likeness (QED) is 0.832. The lowest BCUT2D eigenvalue weighted by Crippen LogP contribution is -2.30. The molecule has 2 heteroatoms. The summed E-state index contributed by atoms with van der Waals surface area (Å²) in [6, 6.07) is 20.4. The van der Waals surface area contributed by atoms with Crippen LogP contribution in [-0.2, 0) is 6.54 Å². The predicted molar refractivity (Wildman–Crippen MR) is 79.0 cm³/mol. The van der Waals surface area contributed by atoms with E-state index in [1.165, 1.54) is 11.1 Å². The maximum atomic E-state index is 10.2. The Morgan fingerprint density at radius 2 is 1.53 bits per heavy atom. The number of hydrogen-bond acceptors (Lipinski definition) is 2. The van der Waals surface area contributed by atoms with E-state index in [0.29, 0.717) is 6.54 Å². The van der Waals surface area contributed by atoms with Crippen LogP contribution < -0.4 is 5.32 Å². The van der Waals surface area contributed by atoms with Gasteiger partial charge in [-0.2, -0.15) is 0 Å². The molecule has 2 nitrogen and oxygen atoms in total. The van der Waals surface area contributed by atoms with Gasteiger partial charge in [0, 0.05) is 19.0 Å². The van der Waals surface area contributed by atoms with Crippen LogP contribution in [0.25, 0.3) is 0 Å². The van der Waals surface area contributed by atoms with E-state index in [9.17, 15) is 5.11 Å². The molecule has 0 aliphatic heterocycles. The van der Waals surface area contributed by atoms with Crippen molar-refractivity contribution in [2.45, 2.75) is 25.5 Å². The number of benzene rings is 2. The summed E-state index contributed by atoms with van der Waals surface area (Å²) >= 11 is 0. The molecule has 2 N–H and O–H groups in total. The van der Waals surface area contributed by atoms with Gasteiger partial charge in [0.15, 0.2) is 0 Å². The summed E-state index contributed by atoms with van der Waals surface area (Å²) in [5, 5.41) is 13.5. The summed E-state index contributed by atoms with van der Waals surface area (Å²) in [6.07, 6.45) is -0.369. The van der Waals surface area contributed by atoms with Crippen molar-refractivity contribution < 1.29 is 5.11 Å². The van der Waals surface area contributed by atoms with Crippen LogP contribution in [0.3, 0.4) is 0 Å². The number of rotatable bonds is 6. The highest BCUT2D eigenvalue weighted by molar-refractivity contribution is 5.20. The zero-order valence-electron chi connectivity index (χ0n) is 11.3. The third-order valence-electron chi connectivity index (χ3n) is 3.43. The normalized spacial score (nSPS) is 14.0. The van der Waals surface area contributed by atoms with Crippen LogP contribution in [0.2, 0.25) is 0 Å². The molecular formula is C17H21NO. The van der Waals surface area contributed by atoms with Crippen molar-refractivity contribution in [3.8, 4) is 0 Å². The summed E-state index contributed by atoms with van der Waals surface area (Å²) in [7, 11) is 0. The van der Waals surface area contributed by atoms with Gasteiger partial charge in [-0.3, -0.25) is 0 Å². The SMILES string of the molecule is C[C@H](c1ccccc1)C(O)CNCc1ccccc1. The molecule has 2 aromatic carbocycles. The highest BCUT2D eigenvalue weighted by atomic mass is 16.3. The van der Waals surface area contributed by atoms with E-state index < -0.39 is 0 Å². The first-order valence-corrected chi connectivity index (χ1v) is 6.75. The minimum atomic E-state index is -0.369. The second-order valence-corrected chi connectivity index (χ2v) is 4.88. The van der Waals surface area contributed by atoms with Gasteiger partial charge in [-0.1, -0.05) is 67.6 Å². The summed E-state index contributed by atoms with van der Waals surface area (Å²) in [6.45, 7) is 3.45. The van der Waals surface area contributed by atoms with Crippen molar-refractivity contribution in [1.82, 2.24) is 5.32 Å². The molecule has 0 heterocycles. The van der Waals surface area contributed by atoms with Crippen molar-refractivity contribution in [1.29, 1.82) is 0 Å². The van der Waals surface area contributed by atoms with E-state index in [-0.39, 0.29) is 12.0 Å². The Morgan fingerprint density at radius 1 is 0.947 bits per heavy atom. The highest BCUT2D eigenvalue weighted by Gasteiger charge is 2.15. The zero-order valence-corrected chi connectivity index (χ0v) is 11.3. The Bertz CT molecular complexity index is 469. The molecule has 19 heavy (non-hydrogen) atoms. The van der Waals surface area contributed by atoms with E-state index in [0.717, 1.165) is 6.54 Å². The zero-order chi connectivity index (χ0) is 13.5. The molecule has 0 amide bonds. The van der Waals surface area contributed by atoms with Crippen LogP contribution in [-0.4, -0.2) is 17.8 Å². The molecule has 2 aromatic rings.